The maximum absolute atomic E-state index is 11.8. The maximum atomic E-state index is 11.8. The van der Waals surface area contributed by atoms with E-state index in [1.807, 2.05) is 0 Å². The van der Waals surface area contributed by atoms with Crippen molar-refractivity contribution in [1.82, 2.24) is 0 Å². The van der Waals surface area contributed by atoms with E-state index < -0.39 is 30.3 Å². The number of carbonyl (C=O) groups excluding carboxylic acids is 3. The minimum absolute atomic E-state index is 0.00777. The highest BCUT2D eigenvalue weighted by Crippen LogP contribution is 2.16. The standard InChI is InChI=1S/C14H20O6/c1-3-5-13(17)20-12-8-10(15)6-4-7-11(16)14(18)19-9(12)2/h3,5,9,11-12,16H,4,6-8H2,1-2H3/b5-3+/t9-,11+,12-/m1/s1. The van der Waals surface area contributed by atoms with Crippen molar-refractivity contribution >= 4 is 17.7 Å². The number of ketones is 1. The minimum atomic E-state index is -1.24. The van der Waals surface area contributed by atoms with Crippen molar-refractivity contribution in [1.29, 1.82) is 0 Å². The molecule has 0 unspecified atom stereocenters. The van der Waals surface area contributed by atoms with E-state index in [9.17, 15) is 19.5 Å². The number of esters is 2. The Morgan fingerprint density at radius 3 is 2.80 bits per heavy atom. The smallest absolute Gasteiger partial charge is 0.335 e. The van der Waals surface area contributed by atoms with Crippen LogP contribution in [0, 0.1) is 0 Å². The molecule has 0 radical (unpaired) electrons. The van der Waals surface area contributed by atoms with Gasteiger partial charge in [0.05, 0.1) is 0 Å². The fraction of sp³-hybridized carbons (Fsp3) is 0.643. The van der Waals surface area contributed by atoms with Crippen LogP contribution in [0.3, 0.4) is 0 Å². The van der Waals surface area contributed by atoms with Crippen LogP contribution in [-0.4, -0.2) is 41.1 Å². The maximum Gasteiger partial charge on any atom is 0.335 e. The van der Waals surface area contributed by atoms with Crippen molar-refractivity contribution in [2.45, 2.75) is 57.8 Å². The van der Waals surface area contributed by atoms with Crippen molar-refractivity contribution in [3.8, 4) is 0 Å². The number of aliphatic hydroxyl groups is 1. The third kappa shape index (κ3) is 5.13. The van der Waals surface area contributed by atoms with E-state index in [2.05, 4.69) is 0 Å². The molecule has 0 aromatic carbocycles. The van der Waals surface area contributed by atoms with Gasteiger partial charge in [-0.15, -0.1) is 0 Å². The number of hydrogen-bond acceptors (Lipinski definition) is 6. The van der Waals surface area contributed by atoms with Crippen LogP contribution in [0.25, 0.3) is 0 Å². The molecule has 1 fully saturated rings. The van der Waals surface area contributed by atoms with Crippen molar-refractivity contribution in [2.24, 2.45) is 0 Å². The van der Waals surface area contributed by atoms with Gasteiger partial charge in [-0.25, -0.2) is 9.59 Å². The second-order valence-corrected chi connectivity index (χ2v) is 4.77. The van der Waals surface area contributed by atoms with E-state index in [0.29, 0.717) is 6.42 Å². The van der Waals surface area contributed by atoms with Crippen LogP contribution in [-0.2, 0) is 23.9 Å². The molecule has 0 amide bonds. The van der Waals surface area contributed by atoms with Crippen LogP contribution in [0.4, 0.5) is 0 Å². The Morgan fingerprint density at radius 2 is 2.15 bits per heavy atom. The molecule has 1 saturated heterocycles. The van der Waals surface area contributed by atoms with E-state index in [0.717, 1.165) is 0 Å². The third-order valence-corrected chi connectivity index (χ3v) is 3.03. The highest BCUT2D eigenvalue weighted by Gasteiger charge is 2.30. The molecule has 0 spiro atoms. The Kier molecular flexibility index (Phi) is 6.38. The first-order valence-corrected chi connectivity index (χ1v) is 6.67. The normalized spacial score (nSPS) is 29.1. The van der Waals surface area contributed by atoms with Crippen LogP contribution in [0.15, 0.2) is 12.2 Å². The molecule has 0 aliphatic carbocycles. The molecule has 3 atom stereocenters. The van der Waals surface area contributed by atoms with Crippen molar-refractivity contribution < 1.29 is 29.0 Å². The van der Waals surface area contributed by atoms with Gasteiger partial charge in [-0.1, -0.05) is 6.08 Å². The lowest BCUT2D eigenvalue weighted by atomic mass is 10.0. The number of cyclic esters (lactones) is 1. The third-order valence-electron chi connectivity index (χ3n) is 3.03. The molecule has 1 N–H and O–H groups in total. The summed E-state index contributed by atoms with van der Waals surface area (Å²) in [6.07, 6.45) is 0.739. The molecule has 6 nitrogen and oxygen atoms in total. The quantitative estimate of drug-likeness (QED) is 0.599. The lowest BCUT2D eigenvalue weighted by molar-refractivity contribution is -0.172. The van der Waals surface area contributed by atoms with Gasteiger partial charge in [0, 0.05) is 18.9 Å². The summed E-state index contributed by atoms with van der Waals surface area (Å²) in [5, 5.41) is 9.55. The van der Waals surface area contributed by atoms with E-state index in [4.69, 9.17) is 9.47 Å². The highest BCUT2D eigenvalue weighted by molar-refractivity contribution is 5.83. The fourth-order valence-corrected chi connectivity index (χ4v) is 1.90. The van der Waals surface area contributed by atoms with Gasteiger partial charge in [0.2, 0.25) is 0 Å². The van der Waals surface area contributed by atoms with Crippen LogP contribution < -0.4 is 0 Å². The predicted octanol–water partition coefficient (Wildman–Crippen LogP) is 0.910. The molecular formula is C14H20O6. The highest BCUT2D eigenvalue weighted by atomic mass is 16.6. The second-order valence-electron chi connectivity index (χ2n) is 4.77. The Labute approximate surface area is 117 Å². The van der Waals surface area contributed by atoms with Gasteiger partial charge >= 0.3 is 11.9 Å². The SMILES string of the molecule is C/C=C/C(=O)O[C@@H]1CC(=O)CCC[C@H](O)C(=O)O[C@@H]1C. The summed E-state index contributed by atoms with van der Waals surface area (Å²) in [6.45, 7) is 3.20. The molecule has 112 valence electrons. The summed E-state index contributed by atoms with van der Waals surface area (Å²) in [6, 6.07) is 0. The molecule has 6 heteroatoms. The molecule has 0 aromatic rings. The monoisotopic (exact) mass is 284 g/mol. The van der Waals surface area contributed by atoms with Crippen molar-refractivity contribution in [3.05, 3.63) is 12.2 Å². The number of ether oxygens (including phenoxy) is 2. The Bertz CT molecular complexity index is 400. The molecular weight excluding hydrogens is 264 g/mol. The van der Waals surface area contributed by atoms with Gasteiger partial charge in [0.15, 0.2) is 6.10 Å². The fourth-order valence-electron chi connectivity index (χ4n) is 1.90. The van der Waals surface area contributed by atoms with Crippen molar-refractivity contribution in [2.75, 3.05) is 0 Å². The van der Waals surface area contributed by atoms with E-state index >= 15 is 0 Å². The van der Waals surface area contributed by atoms with Crippen LogP contribution in [0.1, 0.15) is 39.5 Å². The summed E-state index contributed by atoms with van der Waals surface area (Å²) in [4.78, 5) is 34.8. The summed E-state index contributed by atoms with van der Waals surface area (Å²) in [5.74, 6) is -1.43. The zero-order valence-electron chi connectivity index (χ0n) is 11.7. The molecule has 20 heavy (non-hydrogen) atoms. The van der Waals surface area contributed by atoms with E-state index in [1.54, 1.807) is 6.92 Å². The van der Waals surface area contributed by atoms with Crippen LogP contribution in [0.2, 0.25) is 0 Å². The Hall–Kier alpha value is -1.69. The first kappa shape index (κ1) is 16.4. The van der Waals surface area contributed by atoms with Gasteiger partial charge in [-0.2, -0.15) is 0 Å². The molecule has 1 rings (SSSR count). The summed E-state index contributed by atoms with van der Waals surface area (Å²) >= 11 is 0. The van der Waals surface area contributed by atoms with Gasteiger partial charge in [0.25, 0.3) is 0 Å². The zero-order chi connectivity index (χ0) is 15.1. The molecule has 0 bridgehead atoms. The first-order valence-electron chi connectivity index (χ1n) is 6.67. The average molecular weight is 284 g/mol. The van der Waals surface area contributed by atoms with Crippen LogP contribution >= 0.6 is 0 Å². The number of hydrogen-bond donors (Lipinski definition) is 1. The number of allylic oxidation sites excluding steroid dienone is 1. The number of Topliss-reactive ketones (excluding diaryl/α,β-unsaturated/α-hetero) is 1. The van der Waals surface area contributed by atoms with Gasteiger partial charge in [0.1, 0.15) is 18.0 Å². The first-order chi connectivity index (χ1) is 9.43. The zero-order valence-corrected chi connectivity index (χ0v) is 11.7. The van der Waals surface area contributed by atoms with E-state index in [-0.39, 0.29) is 25.0 Å². The lowest BCUT2D eigenvalue weighted by Crippen LogP contribution is -2.38. The van der Waals surface area contributed by atoms with E-state index in [1.165, 1.54) is 19.1 Å². The number of carbonyl (C=O) groups is 3. The average Bonchev–Trinajstić information content (AvgIpc) is 2.36. The summed E-state index contributed by atoms with van der Waals surface area (Å²) in [7, 11) is 0. The lowest BCUT2D eigenvalue weighted by Gasteiger charge is -2.25. The molecule has 1 heterocycles. The van der Waals surface area contributed by atoms with Gasteiger partial charge in [-0.05, 0) is 26.7 Å². The number of aliphatic hydroxyl groups excluding tert-OH is 1. The van der Waals surface area contributed by atoms with Gasteiger partial charge in [-0.3, -0.25) is 4.79 Å². The van der Waals surface area contributed by atoms with Crippen LogP contribution in [0.5, 0.6) is 0 Å². The van der Waals surface area contributed by atoms with Crippen molar-refractivity contribution in [3.63, 3.8) is 0 Å². The van der Waals surface area contributed by atoms with Gasteiger partial charge < -0.3 is 14.6 Å². The minimum Gasteiger partial charge on any atom is -0.457 e. The predicted molar refractivity (Wildman–Crippen MR) is 69.7 cm³/mol. The molecule has 1 aliphatic heterocycles. The molecule has 0 aromatic heterocycles. The largest absolute Gasteiger partial charge is 0.457 e. The second kappa shape index (κ2) is 7.79. The molecule has 0 saturated carbocycles. The Morgan fingerprint density at radius 1 is 1.45 bits per heavy atom. The topological polar surface area (TPSA) is 89.9 Å². The Balaban J connectivity index is 2.79. The number of rotatable bonds is 2. The summed E-state index contributed by atoms with van der Waals surface area (Å²) < 4.78 is 10.2. The molecule has 1 aliphatic rings. The summed E-state index contributed by atoms with van der Waals surface area (Å²) in [5.41, 5.74) is 0.